The Balaban J connectivity index is 2.62. The highest BCUT2D eigenvalue weighted by atomic mass is 16.5. The predicted molar refractivity (Wildman–Crippen MR) is 41.2 cm³/mol. The van der Waals surface area contributed by atoms with Crippen LogP contribution in [-0.2, 0) is 4.74 Å². The van der Waals surface area contributed by atoms with Crippen LogP contribution in [0.15, 0.2) is 0 Å². The second-order valence-corrected chi connectivity index (χ2v) is 3.26. The lowest BCUT2D eigenvalue weighted by Gasteiger charge is -2.41. The third-order valence-electron chi connectivity index (χ3n) is 2.23. The standard InChI is InChI=1S/C7H15NO4/c1-4-7(8,11)2-5(10)6(3-9)12-4/h4-6,9-11H,2-3,8H2,1H3/t4?,5-,6+,7+/m0/s1. The number of aliphatic hydroxyl groups excluding tert-OH is 2. The number of hydrogen-bond acceptors (Lipinski definition) is 5. The first-order valence-corrected chi connectivity index (χ1v) is 3.93. The molecule has 0 aromatic carbocycles. The van der Waals surface area contributed by atoms with Crippen molar-refractivity contribution in [2.75, 3.05) is 6.61 Å². The maximum Gasteiger partial charge on any atom is 0.142 e. The van der Waals surface area contributed by atoms with E-state index in [1.54, 1.807) is 6.92 Å². The largest absolute Gasteiger partial charge is 0.394 e. The van der Waals surface area contributed by atoms with E-state index in [-0.39, 0.29) is 13.0 Å². The molecule has 72 valence electrons. The van der Waals surface area contributed by atoms with Gasteiger partial charge >= 0.3 is 0 Å². The van der Waals surface area contributed by atoms with Crippen molar-refractivity contribution in [2.24, 2.45) is 5.73 Å². The molecule has 0 aromatic rings. The van der Waals surface area contributed by atoms with Crippen LogP contribution in [0, 0.1) is 0 Å². The van der Waals surface area contributed by atoms with Gasteiger partial charge in [-0.1, -0.05) is 0 Å². The number of hydrogen-bond donors (Lipinski definition) is 4. The van der Waals surface area contributed by atoms with Gasteiger partial charge in [0.25, 0.3) is 0 Å². The summed E-state index contributed by atoms with van der Waals surface area (Å²) in [5.74, 6) is 0. The van der Waals surface area contributed by atoms with Crippen LogP contribution in [0.25, 0.3) is 0 Å². The third-order valence-corrected chi connectivity index (χ3v) is 2.23. The van der Waals surface area contributed by atoms with E-state index in [0.29, 0.717) is 0 Å². The Kier molecular flexibility index (Phi) is 2.70. The van der Waals surface area contributed by atoms with Crippen molar-refractivity contribution >= 4 is 0 Å². The van der Waals surface area contributed by atoms with E-state index < -0.39 is 24.0 Å². The Morgan fingerprint density at radius 3 is 2.75 bits per heavy atom. The lowest BCUT2D eigenvalue weighted by molar-refractivity contribution is -0.215. The van der Waals surface area contributed by atoms with Crippen molar-refractivity contribution in [3.63, 3.8) is 0 Å². The topological polar surface area (TPSA) is 95.9 Å². The maximum absolute atomic E-state index is 9.44. The second-order valence-electron chi connectivity index (χ2n) is 3.26. The predicted octanol–water partition coefficient (Wildman–Crippen LogP) is -1.84. The zero-order valence-electron chi connectivity index (χ0n) is 6.97. The molecule has 1 fully saturated rings. The van der Waals surface area contributed by atoms with Crippen LogP contribution in [0.4, 0.5) is 0 Å². The minimum absolute atomic E-state index is 0.0272. The second kappa shape index (κ2) is 3.27. The van der Waals surface area contributed by atoms with Crippen LogP contribution in [0.1, 0.15) is 13.3 Å². The monoisotopic (exact) mass is 177 g/mol. The van der Waals surface area contributed by atoms with Gasteiger partial charge in [-0.3, -0.25) is 0 Å². The molecule has 12 heavy (non-hydrogen) atoms. The van der Waals surface area contributed by atoms with Crippen molar-refractivity contribution in [3.05, 3.63) is 0 Å². The highest BCUT2D eigenvalue weighted by molar-refractivity contribution is 4.90. The minimum atomic E-state index is -1.49. The van der Waals surface area contributed by atoms with Crippen LogP contribution < -0.4 is 5.73 Å². The van der Waals surface area contributed by atoms with E-state index in [9.17, 15) is 10.2 Å². The molecule has 5 N–H and O–H groups in total. The van der Waals surface area contributed by atoms with Gasteiger partial charge < -0.3 is 25.8 Å². The van der Waals surface area contributed by atoms with Crippen molar-refractivity contribution in [1.82, 2.24) is 0 Å². The van der Waals surface area contributed by atoms with E-state index in [1.807, 2.05) is 0 Å². The van der Waals surface area contributed by atoms with Crippen LogP contribution in [0.3, 0.4) is 0 Å². The molecular formula is C7H15NO4. The Morgan fingerprint density at radius 1 is 1.67 bits per heavy atom. The summed E-state index contributed by atoms with van der Waals surface area (Å²) < 4.78 is 5.09. The molecule has 0 amide bonds. The summed E-state index contributed by atoms with van der Waals surface area (Å²) in [5.41, 5.74) is 3.92. The molecule has 1 heterocycles. The fourth-order valence-corrected chi connectivity index (χ4v) is 1.27. The quantitative estimate of drug-likeness (QED) is 0.353. The molecule has 1 rings (SSSR count). The molecule has 0 aromatic heterocycles. The van der Waals surface area contributed by atoms with Crippen LogP contribution in [0.5, 0.6) is 0 Å². The lowest BCUT2D eigenvalue weighted by Crippen LogP contribution is -2.60. The third kappa shape index (κ3) is 1.75. The van der Waals surface area contributed by atoms with Gasteiger partial charge in [-0.15, -0.1) is 0 Å². The SMILES string of the molecule is CC1O[C@H](CO)[C@@H](O)C[C@@]1(N)O. The van der Waals surface area contributed by atoms with Gasteiger partial charge in [-0.25, -0.2) is 0 Å². The smallest absolute Gasteiger partial charge is 0.142 e. The number of nitrogens with two attached hydrogens (primary N) is 1. The maximum atomic E-state index is 9.44. The molecule has 1 aliphatic heterocycles. The van der Waals surface area contributed by atoms with Crippen LogP contribution >= 0.6 is 0 Å². The van der Waals surface area contributed by atoms with E-state index >= 15 is 0 Å². The van der Waals surface area contributed by atoms with Gasteiger partial charge in [0.1, 0.15) is 11.8 Å². The molecule has 0 bridgehead atoms. The fourth-order valence-electron chi connectivity index (χ4n) is 1.27. The van der Waals surface area contributed by atoms with Crippen LogP contribution in [-0.4, -0.2) is 46.0 Å². The molecule has 1 unspecified atom stereocenters. The van der Waals surface area contributed by atoms with Gasteiger partial charge in [0.15, 0.2) is 0 Å². The number of rotatable bonds is 1. The summed E-state index contributed by atoms with van der Waals surface area (Å²) in [6.07, 6.45) is -2.08. The zero-order chi connectivity index (χ0) is 9.35. The van der Waals surface area contributed by atoms with E-state index in [0.717, 1.165) is 0 Å². The molecule has 0 radical (unpaired) electrons. The average Bonchev–Trinajstić information content (AvgIpc) is 1.96. The summed E-state index contributed by atoms with van der Waals surface area (Å²) in [6, 6.07) is 0. The highest BCUT2D eigenvalue weighted by Crippen LogP contribution is 2.24. The van der Waals surface area contributed by atoms with Crippen molar-refractivity contribution in [2.45, 2.75) is 37.4 Å². The van der Waals surface area contributed by atoms with Gasteiger partial charge in [0, 0.05) is 6.42 Å². The molecule has 4 atom stereocenters. The summed E-state index contributed by atoms with van der Waals surface area (Å²) >= 11 is 0. The van der Waals surface area contributed by atoms with Crippen molar-refractivity contribution < 1.29 is 20.1 Å². The van der Waals surface area contributed by atoms with Gasteiger partial charge in [-0.2, -0.15) is 0 Å². The molecule has 1 aliphatic rings. The molecular weight excluding hydrogens is 162 g/mol. The highest BCUT2D eigenvalue weighted by Gasteiger charge is 2.42. The number of ether oxygens (including phenoxy) is 1. The fraction of sp³-hybridized carbons (Fsp3) is 1.00. The van der Waals surface area contributed by atoms with Gasteiger partial charge in [-0.05, 0) is 6.92 Å². The zero-order valence-corrected chi connectivity index (χ0v) is 6.97. The van der Waals surface area contributed by atoms with E-state index in [1.165, 1.54) is 0 Å². The Labute approximate surface area is 70.8 Å². The Morgan fingerprint density at radius 2 is 2.25 bits per heavy atom. The summed E-state index contributed by atoms with van der Waals surface area (Å²) in [4.78, 5) is 0. The average molecular weight is 177 g/mol. The van der Waals surface area contributed by atoms with Crippen LogP contribution in [0.2, 0.25) is 0 Å². The first-order valence-electron chi connectivity index (χ1n) is 3.93. The summed E-state index contributed by atoms with van der Waals surface area (Å²) in [7, 11) is 0. The van der Waals surface area contributed by atoms with Crippen molar-refractivity contribution in [1.29, 1.82) is 0 Å². The molecule has 0 saturated carbocycles. The van der Waals surface area contributed by atoms with Gasteiger partial charge in [0.05, 0.1) is 18.8 Å². The first-order chi connectivity index (χ1) is 5.47. The van der Waals surface area contributed by atoms with Crippen molar-refractivity contribution in [3.8, 4) is 0 Å². The van der Waals surface area contributed by atoms with E-state index in [4.69, 9.17) is 15.6 Å². The summed E-state index contributed by atoms with van der Waals surface area (Å²) in [6.45, 7) is 1.34. The Hall–Kier alpha value is -0.200. The molecule has 1 saturated heterocycles. The first kappa shape index (κ1) is 9.88. The summed E-state index contributed by atoms with van der Waals surface area (Å²) in [5, 5.41) is 27.5. The number of aliphatic hydroxyl groups is 3. The molecule has 5 nitrogen and oxygen atoms in total. The molecule has 5 heteroatoms. The lowest BCUT2D eigenvalue weighted by atomic mass is 9.94. The van der Waals surface area contributed by atoms with E-state index in [2.05, 4.69) is 0 Å². The Bertz CT molecular complexity index is 161. The molecule has 0 spiro atoms. The normalized spacial score (nSPS) is 49.2. The minimum Gasteiger partial charge on any atom is -0.394 e. The van der Waals surface area contributed by atoms with Gasteiger partial charge in [0.2, 0.25) is 0 Å². The molecule has 0 aliphatic carbocycles.